The van der Waals surface area contributed by atoms with Crippen molar-refractivity contribution >= 4 is 11.6 Å². The van der Waals surface area contributed by atoms with Crippen LogP contribution in [0.2, 0.25) is 5.02 Å². The van der Waals surface area contributed by atoms with Crippen LogP contribution in [0.5, 0.6) is 5.75 Å². The Bertz CT molecular complexity index is 1480. The second kappa shape index (κ2) is 12.1. The molecule has 1 N–H and O–H groups in total. The molecule has 0 fully saturated rings. The van der Waals surface area contributed by atoms with Crippen LogP contribution in [0.3, 0.4) is 0 Å². The zero-order chi connectivity index (χ0) is 30.0. The molecule has 43 heavy (non-hydrogen) atoms. The highest BCUT2D eigenvalue weighted by molar-refractivity contribution is 6.30. The summed E-state index contributed by atoms with van der Waals surface area (Å²) in [6, 6.07) is 35.6. The Hall–Kier alpha value is -3.77. The van der Waals surface area contributed by atoms with E-state index >= 15 is 0 Å². The predicted octanol–water partition coefficient (Wildman–Crippen LogP) is 8.23. The quantitative estimate of drug-likeness (QED) is 0.198. The molecule has 0 aliphatic carbocycles. The molecule has 0 saturated heterocycles. The lowest BCUT2D eigenvalue weighted by Gasteiger charge is -2.44. The first-order valence-electron chi connectivity index (χ1n) is 15.1. The number of rotatable bonds is 9. The smallest absolute Gasteiger partial charge is 0.205 e. The topological polar surface area (TPSA) is 45.2 Å². The van der Waals surface area contributed by atoms with E-state index in [0.717, 1.165) is 47.3 Å². The fraction of sp³-hybridized carbons (Fsp3) is 0.297. The van der Waals surface area contributed by atoms with E-state index in [-0.39, 0.29) is 0 Å². The normalized spacial score (nSPS) is 16.8. The molecule has 4 aromatic rings. The molecule has 1 atom stereocenters. The van der Waals surface area contributed by atoms with Gasteiger partial charge in [0.1, 0.15) is 17.4 Å². The summed E-state index contributed by atoms with van der Waals surface area (Å²) >= 11 is 6.60. The molecule has 1 unspecified atom stereocenters. The highest BCUT2D eigenvalue weighted by Crippen LogP contribution is 2.48. The van der Waals surface area contributed by atoms with Crippen molar-refractivity contribution < 1.29 is 14.6 Å². The van der Waals surface area contributed by atoms with Crippen molar-refractivity contribution in [2.24, 2.45) is 0 Å². The van der Waals surface area contributed by atoms with E-state index in [2.05, 4.69) is 114 Å². The zero-order valence-corrected chi connectivity index (χ0v) is 25.8. The number of unbranched alkanes of at least 4 members (excludes halogenated alkanes) is 1. The second-order valence-corrected chi connectivity index (χ2v) is 12.2. The van der Waals surface area contributed by atoms with Crippen LogP contribution < -0.4 is 4.74 Å². The first-order chi connectivity index (χ1) is 20.8. The number of hydrogen-bond donors (Lipinski definition) is 1. The molecule has 2 aliphatic rings. The Morgan fingerprint density at radius 3 is 1.98 bits per heavy atom. The van der Waals surface area contributed by atoms with Gasteiger partial charge in [0.15, 0.2) is 0 Å². The number of fused-ring (bicyclic) bond motifs is 1. The molecule has 4 aromatic carbocycles. The van der Waals surface area contributed by atoms with Gasteiger partial charge in [-0.25, -0.2) is 0 Å². The fourth-order valence-corrected chi connectivity index (χ4v) is 6.62. The number of aliphatic hydroxyl groups excluding tert-OH is 1. The Balaban J connectivity index is 1.54. The largest absolute Gasteiger partial charge is 0.462 e. The summed E-state index contributed by atoms with van der Waals surface area (Å²) in [6.45, 7) is 7.75. The third-order valence-electron chi connectivity index (χ3n) is 8.42. The van der Waals surface area contributed by atoms with Crippen molar-refractivity contribution in [2.75, 3.05) is 13.2 Å². The van der Waals surface area contributed by atoms with Crippen LogP contribution >= 0.6 is 11.6 Å². The lowest BCUT2D eigenvalue weighted by molar-refractivity contribution is -0.180. The first kappa shape index (κ1) is 29.3. The number of benzene rings is 4. The molecule has 0 saturated carbocycles. The Morgan fingerprint density at radius 1 is 0.884 bits per heavy atom. The number of halogens is 1. The van der Waals surface area contributed by atoms with Gasteiger partial charge in [0.2, 0.25) is 5.79 Å². The number of hydrogen-bond acceptors (Lipinski definition) is 5. The van der Waals surface area contributed by atoms with Gasteiger partial charge in [0, 0.05) is 42.7 Å². The van der Waals surface area contributed by atoms with Crippen LogP contribution in [0, 0.1) is 0 Å². The molecule has 2 aliphatic heterocycles. The Kier molecular flexibility index (Phi) is 8.23. The molecule has 0 bridgehead atoms. The maximum absolute atomic E-state index is 12.2. The van der Waals surface area contributed by atoms with Gasteiger partial charge in [-0.05, 0) is 35.2 Å². The third-order valence-corrected chi connectivity index (χ3v) is 8.64. The highest BCUT2D eigenvalue weighted by atomic mass is 35.5. The van der Waals surface area contributed by atoms with Gasteiger partial charge < -0.3 is 24.4 Å². The second-order valence-electron chi connectivity index (χ2n) is 11.8. The molecule has 0 spiro atoms. The maximum Gasteiger partial charge on any atom is 0.205 e. The van der Waals surface area contributed by atoms with Gasteiger partial charge in [-0.3, -0.25) is 0 Å². The van der Waals surface area contributed by atoms with Crippen LogP contribution in [0.4, 0.5) is 0 Å². The van der Waals surface area contributed by atoms with E-state index in [1.807, 2.05) is 26.0 Å². The number of aliphatic hydroxyl groups is 1. The van der Waals surface area contributed by atoms with E-state index in [0.29, 0.717) is 29.6 Å². The minimum atomic E-state index is -0.955. The maximum atomic E-state index is 12.2. The summed E-state index contributed by atoms with van der Waals surface area (Å²) < 4.78 is 12.2. The molecule has 222 valence electrons. The van der Waals surface area contributed by atoms with Gasteiger partial charge in [-0.2, -0.15) is 0 Å². The molecular weight excluding hydrogens is 556 g/mol. The van der Waals surface area contributed by atoms with Gasteiger partial charge in [0.05, 0.1) is 19.0 Å². The summed E-state index contributed by atoms with van der Waals surface area (Å²) in [5, 5.41) is 12.8. The van der Waals surface area contributed by atoms with E-state index in [1.165, 1.54) is 0 Å². The van der Waals surface area contributed by atoms with Gasteiger partial charge >= 0.3 is 0 Å². The average Bonchev–Trinajstić information content (AvgIpc) is 3.45. The highest BCUT2D eigenvalue weighted by Gasteiger charge is 2.45. The van der Waals surface area contributed by atoms with E-state index in [4.69, 9.17) is 21.1 Å². The molecule has 0 aromatic heterocycles. The van der Waals surface area contributed by atoms with Crippen LogP contribution in [-0.2, 0) is 16.9 Å². The summed E-state index contributed by atoms with van der Waals surface area (Å²) in [4.78, 5) is 4.68. The van der Waals surface area contributed by atoms with Crippen LogP contribution in [0.15, 0.2) is 115 Å². The monoisotopic (exact) mass is 594 g/mol. The van der Waals surface area contributed by atoms with Crippen LogP contribution in [0.25, 0.3) is 0 Å². The van der Waals surface area contributed by atoms with E-state index in [9.17, 15) is 5.11 Å². The van der Waals surface area contributed by atoms with Crippen molar-refractivity contribution in [3.05, 3.63) is 148 Å². The van der Waals surface area contributed by atoms with E-state index in [1.54, 1.807) is 0 Å². The number of ether oxygens (including phenoxy) is 2. The molecule has 6 heteroatoms. The molecule has 5 nitrogen and oxygen atoms in total. The van der Waals surface area contributed by atoms with Crippen molar-refractivity contribution in [3.63, 3.8) is 0 Å². The van der Waals surface area contributed by atoms with Gasteiger partial charge in [0.25, 0.3) is 0 Å². The zero-order valence-electron chi connectivity index (χ0n) is 25.0. The van der Waals surface area contributed by atoms with Crippen LogP contribution in [0.1, 0.15) is 67.5 Å². The van der Waals surface area contributed by atoms with Crippen molar-refractivity contribution in [2.45, 2.75) is 57.6 Å². The summed E-state index contributed by atoms with van der Waals surface area (Å²) in [6.07, 6.45) is 3.23. The Morgan fingerprint density at radius 2 is 1.44 bits per heavy atom. The lowest BCUT2D eigenvalue weighted by Crippen LogP contribution is -2.46. The molecule has 6 rings (SSSR count). The average molecular weight is 595 g/mol. The van der Waals surface area contributed by atoms with Crippen molar-refractivity contribution in [1.82, 2.24) is 9.80 Å². The van der Waals surface area contributed by atoms with Crippen LogP contribution in [-0.4, -0.2) is 33.9 Å². The Labute approximate surface area is 259 Å². The third kappa shape index (κ3) is 5.53. The number of nitrogens with zero attached hydrogens (tertiary/aromatic N) is 2. The minimum absolute atomic E-state index is 0.368. The standard InChI is InChI=1S/C37H39ClN2O3/c1-4-5-21-39-26-40(24-33(39)34(41)32-23-31(38)22-27-25-42-36(2,3)43-35(27)32)37(28-15-9-6-10-16-28,29-17-11-7-12-18-29)30-19-13-8-14-20-30/h6-20,22-24,34,41H,4-5,21,25-26H2,1-3H3. The minimum Gasteiger partial charge on any atom is -0.462 e. The van der Waals surface area contributed by atoms with Crippen molar-refractivity contribution in [3.8, 4) is 5.75 Å². The van der Waals surface area contributed by atoms with Crippen molar-refractivity contribution in [1.29, 1.82) is 0 Å². The summed E-state index contributed by atoms with van der Waals surface area (Å²) in [5.74, 6) is -0.167. The molecule has 2 heterocycles. The van der Waals surface area contributed by atoms with Gasteiger partial charge in [-0.1, -0.05) is 116 Å². The fourth-order valence-electron chi connectivity index (χ4n) is 6.37. The molecular formula is C37H39ClN2O3. The molecule has 0 radical (unpaired) electrons. The lowest BCUT2D eigenvalue weighted by atomic mass is 9.76. The van der Waals surface area contributed by atoms with Gasteiger partial charge in [-0.15, -0.1) is 0 Å². The summed E-state index contributed by atoms with van der Waals surface area (Å²) in [7, 11) is 0. The predicted molar refractivity (Wildman–Crippen MR) is 172 cm³/mol. The summed E-state index contributed by atoms with van der Waals surface area (Å²) in [5.41, 5.74) is 5.11. The first-order valence-corrected chi connectivity index (χ1v) is 15.4. The SMILES string of the molecule is CCCCN1CN(C(c2ccccc2)(c2ccccc2)c2ccccc2)C=C1C(O)c1cc(Cl)cc2c1OC(C)(C)OC2. The van der Waals surface area contributed by atoms with E-state index < -0.39 is 17.4 Å². The molecule has 0 amide bonds.